The van der Waals surface area contributed by atoms with Gasteiger partial charge in [-0.05, 0) is 30.3 Å². The summed E-state index contributed by atoms with van der Waals surface area (Å²) in [4.78, 5) is 0. The van der Waals surface area contributed by atoms with Crippen LogP contribution in [0.25, 0.3) is 0 Å². The molecule has 1 rings (SSSR count). The molecule has 0 aliphatic rings. The van der Waals surface area contributed by atoms with E-state index >= 15 is 0 Å². The van der Waals surface area contributed by atoms with Gasteiger partial charge in [-0.2, -0.15) is 0 Å². The number of hydrogen-bond acceptors (Lipinski definition) is 1. The predicted molar refractivity (Wildman–Crippen MR) is 49.5 cm³/mol. The second kappa shape index (κ2) is 5.13. The molecule has 1 aromatic carbocycles. The lowest BCUT2D eigenvalue weighted by Gasteiger charge is -1.87. The molecular formula is C11H9FO. The Hall–Kier alpha value is -1.59. The Morgan fingerprint density at radius 1 is 1.31 bits per heavy atom. The summed E-state index contributed by atoms with van der Waals surface area (Å²) in [5.74, 6) is 5.23. The first-order valence-corrected chi connectivity index (χ1v) is 3.86. The molecule has 0 heterocycles. The Morgan fingerprint density at radius 2 is 2.00 bits per heavy atom. The standard InChI is InChI=1S/C11H9FO/c12-11-7-5-10(6-8-11)4-2-1-3-9-13/h1,3,5-8,13H,9H2. The molecule has 0 aromatic heterocycles. The van der Waals surface area contributed by atoms with Crippen molar-refractivity contribution in [3.8, 4) is 11.8 Å². The van der Waals surface area contributed by atoms with Gasteiger partial charge in [-0.15, -0.1) is 0 Å². The average Bonchev–Trinajstić information content (AvgIpc) is 2.15. The maximum Gasteiger partial charge on any atom is 0.123 e. The Labute approximate surface area is 76.5 Å². The van der Waals surface area contributed by atoms with Crippen molar-refractivity contribution in [3.05, 3.63) is 47.8 Å². The van der Waals surface area contributed by atoms with Crippen LogP contribution >= 0.6 is 0 Å². The highest BCUT2D eigenvalue weighted by Gasteiger charge is 1.86. The van der Waals surface area contributed by atoms with Crippen LogP contribution in [0.4, 0.5) is 4.39 Å². The van der Waals surface area contributed by atoms with Gasteiger partial charge in [0.15, 0.2) is 0 Å². The van der Waals surface area contributed by atoms with E-state index in [9.17, 15) is 4.39 Å². The Balaban J connectivity index is 2.67. The minimum Gasteiger partial charge on any atom is -0.392 e. The van der Waals surface area contributed by atoms with Gasteiger partial charge in [0.05, 0.1) is 6.61 Å². The molecule has 0 aliphatic heterocycles. The monoisotopic (exact) mass is 176 g/mol. The Morgan fingerprint density at radius 3 is 2.62 bits per heavy atom. The van der Waals surface area contributed by atoms with Gasteiger partial charge in [-0.3, -0.25) is 0 Å². The number of aliphatic hydroxyl groups is 1. The summed E-state index contributed by atoms with van der Waals surface area (Å²) in [6, 6.07) is 5.93. The molecule has 1 N–H and O–H groups in total. The molecule has 0 atom stereocenters. The molecule has 0 amide bonds. The van der Waals surface area contributed by atoms with Crippen LogP contribution < -0.4 is 0 Å². The van der Waals surface area contributed by atoms with Crippen LogP contribution in [-0.2, 0) is 0 Å². The predicted octanol–water partition coefficient (Wildman–Crippen LogP) is 1.73. The Kier molecular flexibility index (Phi) is 3.74. The lowest BCUT2D eigenvalue weighted by atomic mass is 10.2. The molecule has 0 radical (unpaired) electrons. The number of allylic oxidation sites excluding steroid dienone is 1. The third kappa shape index (κ3) is 3.55. The first-order valence-electron chi connectivity index (χ1n) is 3.86. The van der Waals surface area contributed by atoms with Crippen LogP contribution in [0.15, 0.2) is 36.4 Å². The van der Waals surface area contributed by atoms with Gasteiger partial charge < -0.3 is 5.11 Å². The van der Waals surface area contributed by atoms with Crippen molar-refractivity contribution < 1.29 is 9.50 Å². The normalized spacial score (nSPS) is 9.69. The largest absolute Gasteiger partial charge is 0.392 e. The van der Waals surface area contributed by atoms with Crippen LogP contribution in [-0.4, -0.2) is 11.7 Å². The van der Waals surface area contributed by atoms with Crippen molar-refractivity contribution in [2.45, 2.75) is 0 Å². The zero-order valence-corrected chi connectivity index (χ0v) is 7.00. The third-order valence-corrected chi connectivity index (χ3v) is 1.37. The van der Waals surface area contributed by atoms with E-state index in [0.717, 1.165) is 5.56 Å². The Bertz CT molecular complexity index is 341. The number of aliphatic hydroxyl groups excluding tert-OH is 1. The molecule has 0 saturated heterocycles. The summed E-state index contributed by atoms with van der Waals surface area (Å²) in [6.07, 6.45) is 3.10. The summed E-state index contributed by atoms with van der Waals surface area (Å²) in [5.41, 5.74) is 0.754. The number of hydrogen-bond donors (Lipinski definition) is 1. The van der Waals surface area contributed by atoms with Crippen LogP contribution in [0.5, 0.6) is 0 Å². The van der Waals surface area contributed by atoms with E-state index in [1.807, 2.05) is 0 Å². The highest BCUT2D eigenvalue weighted by atomic mass is 19.1. The molecule has 66 valence electrons. The molecule has 1 aromatic rings. The summed E-state index contributed by atoms with van der Waals surface area (Å²) >= 11 is 0. The zero-order valence-electron chi connectivity index (χ0n) is 7.00. The molecule has 0 unspecified atom stereocenters. The van der Waals surface area contributed by atoms with Crippen molar-refractivity contribution in [1.29, 1.82) is 0 Å². The maximum absolute atomic E-state index is 12.4. The lowest BCUT2D eigenvalue weighted by Crippen LogP contribution is -1.75. The number of halogens is 1. The first-order chi connectivity index (χ1) is 6.33. The fraction of sp³-hybridized carbons (Fsp3) is 0.0909. The lowest BCUT2D eigenvalue weighted by molar-refractivity contribution is 0.343. The van der Waals surface area contributed by atoms with E-state index in [1.165, 1.54) is 18.2 Å². The summed E-state index contributed by atoms with van der Waals surface area (Å²) < 4.78 is 12.4. The molecule has 0 saturated carbocycles. The van der Waals surface area contributed by atoms with Crippen LogP contribution in [0, 0.1) is 17.7 Å². The summed E-state index contributed by atoms with van der Waals surface area (Å²) in [6.45, 7) is -0.0158. The molecule has 1 nitrogen and oxygen atoms in total. The molecule has 2 heteroatoms. The van der Waals surface area contributed by atoms with E-state index in [-0.39, 0.29) is 12.4 Å². The number of benzene rings is 1. The van der Waals surface area contributed by atoms with E-state index in [2.05, 4.69) is 11.8 Å². The second-order valence-electron chi connectivity index (χ2n) is 2.36. The molecule has 0 fully saturated rings. The SMILES string of the molecule is OCC=CC#Cc1ccc(F)cc1. The van der Waals surface area contributed by atoms with E-state index in [0.29, 0.717) is 0 Å². The quantitative estimate of drug-likeness (QED) is 0.646. The molecule has 0 bridgehead atoms. The third-order valence-electron chi connectivity index (χ3n) is 1.37. The van der Waals surface area contributed by atoms with Crippen LogP contribution in [0.2, 0.25) is 0 Å². The van der Waals surface area contributed by atoms with Crippen molar-refractivity contribution in [3.63, 3.8) is 0 Å². The molecule has 0 spiro atoms. The highest BCUT2D eigenvalue weighted by molar-refractivity contribution is 5.36. The van der Waals surface area contributed by atoms with Gasteiger partial charge >= 0.3 is 0 Å². The molecular weight excluding hydrogens is 167 g/mol. The van der Waals surface area contributed by atoms with Crippen molar-refractivity contribution in [2.24, 2.45) is 0 Å². The number of rotatable bonds is 1. The van der Waals surface area contributed by atoms with E-state index in [1.54, 1.807) is 18.2 Å². The van der Waals surface area contributed by atoms with Gasteiger partial charge in [-0.25, -0.2) is 4.39 Å². The van der Waals surface area contributed by atoms with Gasteiger partial charge in [0.2, 0.25) is 0 Å². The van der Waals surface area contributed by atoms with Crippen molar-refractivity contribution in [2.75, 3.05) is 6.61 Å². The summed E-state index contributed by atoms with van der Waals surface area (Å²) in [7, 11) is 0. The second-order valence-corrected chi connectivity index (χ2v) is 2.36. The maximum atomic E-state index is 12.4. The van der Waals surface area contributed by atoms with E-state index in [4.69, 9.17) is 5.11 Å². The average molecular weight is 176 g/mol. The van der Waals surface area contributed by atoms with Gasteiger partial charge in [0.1, 0.15) is 5.82 Å². The zero-order chi connectivity index (χ0) is 9.52. The topological polar surface area (TPSA) is 20.2 Å². The minimum atomic E-state index is -0.267. The minimum absolute atomic E-state index is 0.0158. The van der Waals surface area contributed by atoms with Crippen LogP contribution in [0.3, 0.4) is 0 Å². The van der Waals surface area contributed by atoms with Gasteiger partial charge in [0.25, 0.3) is 0 Å². The van der Waals surface area contributed by atoms with E-state index < -0.39 is 0 Å². The smallest absolute Gasteiger partial charge is 0.123 e. The van der Waals surface area contributed by atoms with Gasteiger partial charge in [-0.1, -0.05) is 17.9 Å². The fourth-order valence-electron chi connectivity index (χ4n) is 0.770. The van der Waals surface area contributed by atoms with Crippen molar-refractivity contribution >= 4 is 0 Å². The molecule has 0 aliphatic carbocycles. The highest BCUT2D eigenvalue weighted by Crippen LogP contribution is 2.00. The van der Waals surface area contributed by atoms with Crippen molar-refractivity contribution in [1.82, 2.24) is 0 Å². The fourth-order valence-corrected chi connectivity index (χ4v) is 0.770. The van der Waals surface area contributed by atoms with Crippen LogP contribution in [0.1, 0.15) is 5.56 Å². The first kappa shape index (κ1) is 9.50. The summed E-state index contributed by atoms with van der Waals surface area (Å²) in [5, 5.41) is 8.40. The molecule has 13 heavy (non-hydrogen) atoms. The van der Waals surface area contributed by atoms with Gasteiger partial charge in [0, 0.05) is 5.56 Å².